The number of halogens is 1. The molecule has 0 spiro atoms. The monoisotopic (exact) mass is 280 g/mol. The first-order chi connectivity index (χ1) is 7.77. The molecule has 0 fully saturated rings. The van der Waals surface area contributed by atoms with Gasteiger partial charge in [-0.2, -0.15) is 5.26 Å². The summed E-state index contributed by atoms with van der Waals surface area (Å²) in [6, 6.07) is 9.47. The number of hydrogen-bond donors (Lipinski definition) is 1. The summed E-state index contributed by atoms with van der Waals surface area (Å²) in [6.45, 7) is 0.548. The van der Waals surface area contributed by atoms with E-state index < -0.39 is 0 Å². The fourth-order valence-electron chi connectivity index (χ4n) is 1.22. The van der Waals surface area contributed by atoms with E-state index >= 15 is 0 Å². The van der Waals surface area contributed by atoms with Crippen molar-refractivity contribution < 1.29 is 4.79 Å². The molecule has 0 saturated heterocycles. The van der Waals surface area contributed by atoms with Crippen LogP contribution in [0.1, 0.15) is 28.8 Å². The van der Waals surface area contributed by atoms with E-state index in [-0.39, 0.29) is 5.91 Å². The van der Waals surface area contributed by atoms with E-state index in [2.05, 4.69) is 21.2 Å². The molecular weight excluding hydrogens is 268 g/mol. The van der Waals surface area contributed by atoms with E-state index in [1.165, 1.54) is 0 Å². The lowest BCUT2D eigenvalue weighted by Crippen LogP contribution is -2.24. The number of carbonyl (C=O) groups is 1. The first-order valence-corrected chi connectivity index (χ1v) is 6.20. The Labute approximate surface area is 104 Å². The Morgan fingerprint density at radius 3 is 2.62 bits per heavy atom. The topological polar surface area (TPSA) is 52.9 Å². The second-order valence-corrected chi connectivity index (χ2v) is 3.91. The van der Waals surface area contributed by atoms with Crippen molar-refractivity contribution in [3.8, 4) is 6.07 Å². The van der Waals surface area contributed by atoms with Gasteiger partial charge in [0.15, 0.2) is 0 Å². The van der Waals surface area contributed by atoms with Crippen molar-refractivity contribution in [2.75, 3.05) is 6.54 Å². The number of hydrogen-bond acceptors (Lipinski definition) is 2. The summed E-state index contributed by atoms with van der Waals surface area (Å²) in [5.74, 6) is -0.0842. The maximum atomic E-state index is 11.6. The second-order valence-electron chi connectivity index (χ2n) is 3.35. The maximum Gasteiger partial charge on any atom is 0.251 e. The molecule has 0 bridgehead atoms. The van der Waals surface area contributed by atoms with Gasteiger partial charge < -0.3 is 5.32 Å². The van der Waals surface area contributed by atoms with Gasteiger partial charge >= 0.3 is 0 Å². The molecule has 3 nitrogen and oxygen atoms in total. The molecule has 0 saturated carbocycles. The van der Waals surface area contributed by atoms with Crippen LogP contribution in [0.15, 0.2) is 24.3 Å². The predicted molar refractivity (Wildman–Crippen MR) is 66.3 cm³/mol. The third-order valence-electron chi connectivity index (χ3n) is 2.12. The highest BCUT2D eigenvalue weighted by Crippen LogP contribution is 2.07. The Morgan fingerprint density at radius 2 is 2.06 bits per heavy atom. The highest BCUT2D eigenvalue weighted by Gasteiger charge is 2.03. The molecule has 1 aromatic carbocycles. The lowest BCUT2D eigenvalue weighted by atomic mass is 10.1. The normalized spacial score (nSPS) is 9.50. The lowest BCUT2D eigenvalue weighted by Gasteiger charge is -2.04. The average molecular weight is 281 g/mol. The van der Waals surface area contributed by atoms with E-state index in [1.54, 1.807) is 12.1 Å². The number of nitriles is 1. The van der Waals surface area contributed by atoms with Gasteiger partial charge in [0.2, 0.25) is 0 Å². The average Bonchev–Trinajstić information content (AvgIpc) is 2.34. The molecule has 1 rings (SSSR count). The first-order valence-electron chi connectivity index (χ1n) is 5.08. The van der Waals surface area contributed by atoms with Crippen molar-refractivity contribution in [3.05, 3.63) is 35.4 Å². The van der Waals surface area contributed by atoms with Gasteiger partial charge in [-0.3, -0.25) is 4.79 Å². The van der Waals surface area contributed by atoms with Crippen molar-refractivity contribution in [1.82, 2.24) is 5.32 Å². The van der Waals surface area contributed by atoms with Crippen molar-refractivity contribution in [1.29, 1.82) is 5.26 Å². The number of nitrogens with one attached hydrogen (secondary N) is 1. The number of nitrogens with zero attached hydrogens (tertiary/aromatic N) is 1. The van der Waals surface area contributed by atoms with Gasteiger partial charge in [0.25, 0.3) is 5.91 Å². The van der Waals surface area contributed by atoms with Crippen LogP contribution in [-0.4, -0.2) is 12.5 Å². The Morgan fingerprint density at radius 1 is 1.38 bits per heavy atom. The molecular formula is C12H13BrN2O. The van der Waals surface area contributed by atoms with Crippen LogP contribution >= 0.6 is 15.9 Å². The van der Waals surface area contributed by atoms with Crippen LogP contribution in [0.2, 0.25) is 0 Å². The summed E-state index contributed by atoms with van der Waals surface area (Å²) >= 11 is 3.35. The van der Waals surface area contributed by atoms with Gasteiger partial charge in [-0.15, -0.1) is 0 Å². The number of alkyl halides is 1. The molecule has 84 valence electrons. The van der Waals surface area contributed by atoms with Gasteiger partial charge in [-0.25, -0.2) is 0 Å². The van der Waals surface area contributed by atoms with Crippen LogP contribution < -0.4 is 5.32 Å². The zero-order valence-electron chi connectivity index (χ0n) is 8.87. The summed E-state index contributed by atoms with van der Waals surface area (Å²) < 4.78 is 0. The van der Waals surface area contributed by atoms with Crippen LogP contribution in [0, 0.1) is 11.3 Å². The predicted octanol–water partition coefficient (Wildman–Crippen LogP) is 2.62. The fourth-order valence-corrected chi connectivity index (χ4v) is 1.59. The Kier molecular flexibility index (Phi) is 5.58. The molecule has 0 aliphatic carbocycles. The molecule has 1 N–H and O–H groups in total. The standard InChI is InChI=1S/C12H13BrN2O/c13-9-10-3-5-11(6-4-10)12(16)15-8-2-1-7-14/h3-6H,1-2,8-9H2,(H,15,16). The van der Waals surface area contributed by atoms with Crippen LogP contribution in [0.5, 0.6) is 0 Å². The Bertz CT molecular complexity index is 381. The number of carbonyl (C=O) groups excluding carboxylic acids is 1. The highest BCUT2D eigenvalue weighted by atomic mass is 79.9. The quantitative estimate of drug-likeness (QED) is 0.666. The molecule has 0 aliphatic rings. The van der Waals surface area contributed by atoms with E-state index in [1.807, 2.05) is 18.2 Å². The van der Waals surface area contributed by atoms with Crippen LogP contribution in [0.3, 0.4) is 0 Å². The lowest BCUT2D eigenvalue weighted by molar-refractivity contribution is 0.0953. The minimum absolute atomic E-state index is 0.0842. The van der Waals surface area contributed by atoms with Gasteiger partial charge in [0, 0.05) is 23.9 Å². The molecule has 0 aliphatic heterocycles. The molecule has 1 amide bonds. The molecule has 0 aromatic heterocycles. The molecule has 0 unspecified atom stereocenters. The summed E-state index contributed by atoms with van der Waals surface area (Å²) in [5, 5.41) is 11.9. The summed E-state index contributed by atoms with van der Waals surface area (Å²) in [4.78, 5) is 11.6. The fraction of sp³-hybridized carbons (Fsp3) is 0.333. The van der Waals surface area contributed by atoms with Crippen LogP contribution in [0.25, 0.3) is 0 Å². The van der Waals surface area contributed by atoms with Crippen molar-refractivity contribution >= 4 is 21.8 Å². The molecule has 0 heterocycles. The molecule has 4 heteroatoms. The molecule has 16 heavy (non-hydrogen) atoms. The minimum atomic E-state index is -0.0842. The van der Waals surface area contributed by atoms with Gasteiger partial charge in [-0.05, 0) is 24.1 Å². The van der Waals surface area contributed by atoms with Crippen LogP contribution in [0.4, 0.5) is 0 Å². The third-order valence-corrected chi connectivity index (χ3v) is 2.77. The van der Waals surface area contributed by atoms with E-state index in [0.717, 1.165) is 10.9 Å². The number of rotatable bonds is 5. The highest BCUT2D eigenvalue weighted by molar-refractivity contribution is 9.08. The van der Waals surface area contributed by atoms with Gasteiger partial charge in [-0.1, -0.05) is 28.1 Å². The summed E-state index contributed by atoms with van der Waals surface area (Å²) in [7, 11) is 0. The van der Waals surface area contributed by atoms with Gasteiger partial charge in [0.05, 0.1) is 6.07 Å². The molecule has 0 radical (unpaired) electrons. The maximum absolute atomic E-state index is 11.6. The minimum Gasteiger partial charge on any atom is -0.352 e. The first kappa shape index (κ1) is 12.7. The van der Waals surface area contributed by atoms with Crippen LogP contribution in [-0.2, 0) is 5.33 Å². The zero-order valence-corrected chi connectivity index (χ0v) is 10.5. The van der Waals surface area contributed by atoms with Crippen molar-refractivity contribution in [2.24, 2.45) is 0 Å². The smallest absolute Gasteiger partial charge is 0.251 e. The van der Waals surface area contributed by atoms with E-state index in [4.69, 9.17) is 5.26 Å². The Hall–Kier alpha value is -1.34. The van der Waals surface area contributed by atoms with E-state index in [0.29, 0.717) is 24.9 Å². The SMILES string of the molecule is N#CCCCNC(=O)c1ccc(CBr)cc1. The summed E-state index contributed by atoms with van der Waals surface area (Å²) in [6.07, 6.45) is 1.17. The molecule has 1 aromatic rings. The largest absolute Gasteiger partial charge is 0.352 e. The number of amides is 1. The Balaban J connectivity index is 2.44. The van der Waals surface area contributed by atoms with E-state index in [9.17, 15) is 4.79 Å². The number of benzene rings is 1. The number of unbranched alkanes of at least 4 members (excludes halogenated alkanes) is 1. The van der Waals surface area contributed by atoms with Gasteiger partial charge in [0.1, 0.15) is 0 Å². The summed E-state index contributed by atoms with van der Waals surface area (Å²) in [5.41, 5.74) is 1.79. The molecule has 0 atom stereocenters. The second kappa shape index (κ2) is 7.02. The third kappa shape index (κ3) is 4.03. The van der Waals surface area contributed by atoms with Crippen molar-refractivity contribution in [3.63, 3.8) is 0 Å². The van der Waals surface area contributed by atoms with Crippen molar-refractivity contribution in [2.45, 2.75) is 18.2 Å². The zero-order chi connectivity index (χ0) is 11.8.